The van der Waals surface area contributed by atoms with E-state index in [0.717, 1.165) is 16.8 Å². The molecule has 7 nitrogen and oxygen atoms in total. The maximum Gasteiger partial charge on any atom is 0.256 e. The van der Waals surface area contributed by atoms with Crippen LogP contribution in [-0.4, -0.2) is 61.1 Å². The van der Waals surface area contributed by atoms with E-state index in [1.54, 1.807) is 5.01 Å². The molecule has 0 radical (unpaired) electrons. The molecule has 0 saturated heterocycles. The summed E-state index contributed by atoms with van der Waals surface area (Å²) in [5.41, 5.74) is 5.54. The highest BCUT2D eigenvalue weighted by Crippen LogP contribution is 2.26. The molecule has 1 aliphatic heterocycles. The van der Waals surface area contributed by atoms with Gasteiger partial charge in [0.25, 0.3) is 5.91 Å². The van der Waals surface area contributed by atoms with Crippen molar-refractivity contribution in [3.05, 3.63) is 64.7 Å². The molecule has 2 aromatic rings. The van der Waals surface area contributed by atoms with Gasteiger partial charge < -0.3 is 15.5 Å². The van der Waals surface area contributed by atoms with E-state index < -0.39 is 0 Å². The van der Waals surface area contributed by atoms with Gasteiger partial charge in [0.1, 0.15) is 0 Å². The molecule has 0 unspecified atom stereocenters. The Labute approximate surface area is 197 Å². The number of benzene rings is 2. The molecular weight excluding hydrogens is 414 g/mol. The summed E-state index contributed by atoms with van der Waals surface area (Å²) < 4.78 is 0. The van der Waals surface area contributed by atoms with Crippen molar-refractivity contribution in [2.45, 2.75) is 46.8 Å². The summed E-state index contributed by atoms with van der Waals surface area (Å²) in [5.74, 6) is -0.132. The van der Waals surface area contributed by atoms with Crippen molar-refractivity contribution in [2.75, 3.05) is 38.1 Å². The van der Waals surface area contributed by atoms with Crippen molar-refractivity contribution in [1.82, 2.24) is 20.7 Å². The molecule has 2 aromatic carbocycles. The number of nitrogens with zero attached hydrogens (tertiary/aromatic N) is 3. The normalized spacial score (nSPS) is 13.2. The summed E-state index contributed by atoms with van der Waals surface area (Å²) >= 11 is 0. The van der Waals surface area contributed by atoms with E-state index in [2.05, 4.69) is 36.6 Å². The largest absolute Gasteiger partial charge is 0.353 e. The fourth-order valence-electron chi connectivity index (χ4n) is 4.26. The number of nitrogens with one attached hydrogen (secondary N) is 2. The Morgan fingerprint density at radius 2 is 1.55 bits per heavy atom. The lowest BCUT2D eigenvalue weighted by molar-refractivity contribution is -0.145. The predicted molar refractivity (Wildman–Crippen MR) is 133 cm³/mol. The Balaban J connectivity index is 1.69. The number of anilines is 1. The predicted octanol–water partition coefficient (Wildman–Crippen LogP) is 2.61. The molecule has 0 atom stereocenters. The number of carbonyl (C=O) groups is 2. The van der Waals surface area contributed by atoms with Gasteiger partial charge in [-0.15, -0.1) is 0 Å². The Morgan fingerprint density at radius 3 is 2.12 bits per heavy atom. The molecule has 0 fully saturated rings. The first-order valence-corrected chi connectivity index (χ1v) is 11.7. The second-order valence-electron chi connectivity index (χ2n) is 9.06. The quantitative estimate of drug-likeness (QED) is 0.544. The highest BCUT2D eigenvalue weighted by Gasteiger charge is 2.27. The lowest BCUT2D eigenvalue weighted by Crippen LogP contribution is -2.48. The molecule has 33 heavy (non-hydrogen) atoms. The number of hydrogen-bond donors (Lipinski definition) is 2. The van der Waals surface area contributed by atoms with E-state index in [1.165, 1.54) is 11.1 Å². The van der Waals surface area contributed by atoms with E-state index in [0.29, 0.717) is 32.2 Å². The number of fused-ring (bicyclic) bond motifs is 1. The maximum atomic E-state index is 13.3. The zero-order valence-corrected chi connectivity index (χ0v) is 20.5. The molecule has 0 saturated carbocycles. The van der Waals surface area contributed by atoms with E-state index >= 15 is 0 Å². The third kappa shape index (κ3) is 6.55. The van der Waals surface area contributed by atoms with E-state index in [1.807, 2.05) is 61.1 Å². The number of aryl methyl sites for hydroxylation is 2. The summed E-state index contributed by atoms with van der Waals surface area (Å²) in [7, 11) is 1.81. The average Bonchev–Trinajstić information content (AvgIpc) is 3.20. The second-order valence-corrected chi connectivity index (χ2v) is 9.06. The molecule has 1 heterocycles. The number of para-hydroxylation sites is 1. The first-order valence-electron chi connectivity index (χ1n) is 11.7. The summed E-state index contributed by atoms with van der Waals surface area (Å²) in [6.45, 7) is 11.1. The molecule has 0 spiro atoms. The molecule has 2 amide bonds. The number of rotatable bonds is 10. The summed E-state index contributed by atoms with van der Waals surface area (Å²) in [6.07, 6.45) is 0. The van der Waals surface area contributed by atoms with E-state index in [9.17, 15) is 9.59 Å². The fourth-order valence-corrected chi connectivity index (χ4v) is 4.26. The van der Waals surface area contributed by atoms with Gasteiger partial charge >= 0.3 is 0 Å². The maximum absolute atomic E-state index is 13.3. The SMILES string of the molecule is Cc1cccc(C)c1N(CC(=O)NCCNC(C)C)CC(=O)N(C)N1Cc2ccccc2C1. The summed E-state index contributed by atoms with van der Waals surface area (Å²) in [6, 6.07) is 14.7. The van der Waals surface area contributed by atoms with Crippen molar-refractivity contribution in [3.8, 4) is 0 Å². The van der Waals surface area contributed by atoms with Crippen LogP contribution < -0.4 is 15.5 Å². The lowest BCUT2D eigenvalue weighted by atomic mass is 10.1. The van der Waals surface area contributed by atoms with Crippen LogP contribution in [0.4, 0.5) is 5.69 Å². The molecule has 0 bridgehead atoms. The van der Waals surface area contributed by atoms with Crippen LogP contribution >= 0.6 is 0 Å². The van der Waals surface area contributed by atoms with Gasteiger partial charge in [0.15, 0.2) is 0 Å². The monoisotopic (exact) mass is 451 g/mol. The first-order chi connectivity index (χ1) is 15.8. The highest BCUT2D eigenvalue weighted by atomic mass is 16.2. The van der Waals surface area contributed by atoms with Crippen LogP contribution in [-0.2, 0) is 22.7 Å². The second kappa shape index (κ2) is 11.3. The summed E-state index contributed by atoms with van der Waals surface area (Å²) in [4.78, 5) is 27.9. The zero-order chi connectivity index (χ0) is 24.0. The van der Waals surface area contributed by atoms with Gasteiger partial charge in [-0.05, 0) is 36.1 Å². The number of likely N-dealkylation sites (N-methyl/N-ethyl adjacent to an activating group) is 1. The standard InChI is InChI=1S/C26H37N5O2/c1-19(2)27-13-14-28-24(32)17-30(26-20(3)9-8-10-21(26)4)18-25(33)29(5)31-15-22-11-6-7-12-23(22)16-31/h6-12,19,27H,13-18H2,1-5H3,(H,28,32). The minimum Gasteiger partial charge on any atom is -0.353 e. The van der Waals surface area contributed by atoms with E-state index in [-0.39, 0.29) is 24.9 Å². The van der Waals surface area contributed by atoms with Gasteiger partial charge in [0, 0.05) is 45.0 Å². The average molecular weight is 452 g/mol. The van der Waals surface area contributed by atoms with Crippen LogP contribution in [0.3, 0.4) is 0 Å². The van der Waals surface area contributed by atoms with Gasteiger partial charge in [-0.3, -0.25) is 14.6 Å². The van der Waals surface area contributed by atoms with Crippen molar-refractivity contribution < 1.29 is 9.59 Å². The van der Waals surface area contributed by atoms with Gasteiger partial charge in [-0.1, -0.05) is 56.3 Å². The molecule has 7 heteroatoms. The minimum absolute atomic E-state index is 0.0419. The van der Waals surface area contributed by atoms with Crippen LogP contribution in [0, 0.1) is 13.8 Å². The van der Waals surface area contributed by atoms with Gasteiger partial charge in [-0.25, -0.2) is 5.01 Å². The number of carbonyl (C=O) groups excluding carboxylic acids is 2. The molecule has 178 valence electrons. The molecule has 0 aliphatic carbocycles. The molecule has 3 rings (SSSR count). The van der Waals surface area contributed by atoms with Crippen LogP contribution in [0.1, 0.15) is 36.1 Å². The minimum atomic E-state index is -0.0905. The van der Waals surface area contributed by atoms with Crippen LogP contribution in [0.2, 0.25) is 0 Å². The number of hydrazine groups is 1. The van der Waals surface area contributed by atoms with Crippen molar-refractivity contribution in [3.63, 3.8) is 0 Å². The van der Waals surface area contributed by atoms with Gasteiger partial charge in [0.05, 0.1) is 13.1 Å². The number of hydrogen-bond acceptors (Lipinski definition) is 5. The Hall–Kier alpha value is -2.90. The van der Waals surface area contributed by atoms with E-state index in [4.69, 9.17) is 0 Å². The molecular formula is C26H37N5O2. The fraction of sp³-hybridized carbons (Fsp3) is 0.462. The lowest BCUT2D eigenvalue weighted by Gasteiger charge is -2.32. The van der Waals surface area contributed by atoms with Gasteiger partial charge in [-0.2, -0.15) is 0 Å². The molecule has 1 aliphatic rings. The smallest absolute Gasteiger partial charge is 0.256 e. The van der Waals surface area contributed by atoms with Crippen LogP contribution in [0.25, 0.3) is 0 Å². The number of amides is 2. The Kier molecular flexibility index (Phi) is 8.47. The highest BCUT2D eigenvalue weighted by molar-refractivity contribution is 5.87. The molecule has 2 N–H and O–H groups in total. The summed E-state index contributed by atoms with van der Waals surface area (Å²) in [5, 5.41) is 10.0. The van der Waals surface area contributed by atoms with Crippen molar-refractivity contribution >= 4 is 17.5 Å². The van der Waals surface area contributed by atoms with Crippen molar-refractivity contribution in [1.29, 1.82) is 0 Å². The van der Waals surface area contributed by atoms with Crippen LogP contribution in [0.5, 0.6) is 0 Å². The van der Waals surface area contributed by atoms with Crippen LogP contribution in [0.15, 0.2) is 42.5 Å². The van der Waals surface area contributed by atoms with Crippen molar-refractivity contribution in [2.24, 2.45) is 0 Å². The van der Waals surface area contributed by atoms with Gasteiger partial charge in [0.2, 0.25) is 5.91 Å². The Bertz CT molecular complexity index is 930. The third-order valence-electron chi connectivity index (χ3n) is 6.03. The first kappa shape index (κ1) is 24.7. The molecule has 0 aromatic heterocycles. The third-order valence-corrected chi connectivity index (χ3v) is 6.03. The zero-order valence-electron chi connectivity index (χ0n) is 20.5. The Morgan fingerprint density at radius 1 is 0.939 bits per heavy atom. The topological polar surface area (TPSA) is 67.9 Å².